The van der Waals surface area contributed by atoms with E-state index < -0.39 is 0 Å². The Labute approximate surface area is 99.2 Å². The highest BCUT2D eigenvalue weighted by molar-refractivity contribution is 8.00. The number of carbonyl (C=O) groups excluding carboxylic acids is 1. The van der Waals surface area contributed by atoms with Gasteiger partial charge in [-0.2, -0.15) is 0 Å². The van der Waals surface area contributed by atoms with Gasteiger partial charge in [-0.15, -0.1) is 11.8 Å². The molecular weight excluding hydrogens is 228 g/mol. The van der Waals surface area contributed by atoms with Gasteiger partial charge in [-0.05, 0) is 25.0 Å². The highest BCUT2D eigenvalue weighted by atomic mass is 35.5. The molecule has 1 aromatic rings. The van der Waals surface area contributed by atoms with Crippen molar-refractivity contribution in [3.63, 3.8) is 0 Å². The molecule has 0 bridgehead atoms. The van der Waals surface area contributed by atoms with Crippen LogP contribution in [-0.2, 0) is 4.79 Å². The minimum atomic E-state index is 0.333. The van der Waals surface area contributed by atoms with Crippen molar-refractivity contribution >= 4 is 29.1 Å². The van der Waals surface area contributed by atoms with E-state index in [1.54, 1.807) is 11.8 Å². The van der Waals surface area contributed by atoms with Gasteiger partial charge < -0.3 is 0 Å². The number of rotatable bonds is 4. The molecule has 0 saturated heterocycles. The molecule has 1 fully saturated rings. The molecule has 3 heteroatoms. The van der Waals surface area contributed by atoms with Crippen molar-refractivity contribution in [1.29, 1.82) is 0 Å². The third kappa shape index (κ3) is 2.76. The highest BCUT2D eigenvalue weighted by Crippen LogP contribution is 2.31. The Morgan fingerprint density at radius 2 is 2.13 bits per heavy atom. The lowest BCUT2D eigenvalue weighted by atomic mass is 9.83. The first-order chi connectivity index (χ1) is 7.27. The third-order valence-electron chi connectivity index (χ3n) is 2.77. The van der Waals surface area contributed by atoms with Crippen molar-refractivity contribution in [2.45, 2.75) is 24.2 Å². The maximum Gasteiger partial charge on any atom is 0.146 e. The Hall–Kier alpha value is -0.470. The monoisotopic (exact) mass is 240 g/mol. The Bertz CT molecular complexity index is 360. The summed E-state index contributed by atoms with van der Waals surface area (Å²) in [5.74, 6) is 1.28. The van der Waals surface area contributed by atoms with Crippen LogP contribution in [0.15, 0.2) is 29.2 Å². The summed E-state index contributed by atoms with van der Waals surface area (Å²) >= 11 is 7.55. The molecule has 0 aliphatic heterocycles. The fourth-order valence-electron chi connectivity index (χ4n) is 1.56. The summed E-state index contributed by atoms with van der Waals surface area (Å²) in [7, 11) is 0. The van der Waals surface area contributed by atoms with Crippen molar-refractivity contribution in [2.75, 3.05) is 5.75 Å². The highest BCUT2D eigenvalue weighted by Gasteiger charge is 2.24. The van der Waals surface area contributed by atoms with Crippen LogP contribution in [0.5, 0.6) is 0 Å². The van der Waals surface area contributed by atoms with Crippen LogP contribution in [0, 0.1) is 5.92 Å². The number of Topliss-reactive ketones (excluding diaryl/α,β-unsaturated/α-hetero) is 1. The second kappa shape index (κ2) is 5.04. The van der Waals surface area contributed by atoms with E-state index in [0.717, 1.165) is 22.8 Å². The van der Waals surface area contributed by atoms with Gasteiger partial charge in [0.2, 0.25) is 0 Å². The van der Waals surface area contributed by atoms with Crippen molar-refractivity contribution in [1.82, 2.24) is 0 Å². The molecule has 1 aromatic carbocycles. The maximum atomic E-state index is 11.6. The molecule has 1 saturated carbocycles. The van der Waals surface area contributed by atoms with E-state index in [1.807, 2.05) is 24.3 Å². The normalized spacial score (nSPS) is 16.1. The van der Waals surface area contributed by atoms with Crippen LogP contribution in [0.4, 0.5) is 0 Å². The van der Waals surface area contributed by atoms with Crippen LogP contribution in [0.3, 0.4) is 0 Å². The number of thioether (sulfide) groups is 1. The zero-order valence-corrected chi connectivity index (χ0v) is 9.98. The summed E-state index contributed by atoms with van der Waals surface area (Å²) in [4.78, 5) is 12.7. The second-order valence-corrected chi connectivity index (χ2v) is 5.24. The molecule has 80 valence electrons. The van der Waals surface area contributed by atoms with E-state index in [9.17, 15) is 4.79 Å². The standard InChI is InChI=1S/C12H13ClOS/c13-10-6-1-2-7-12(10)15-8-11(14)9-4-3-5-9/h1-2,6-7,9H,3-5,8H2. The van der Waals surface area contributed by atoms with Gasteiger partial charge in [-0.3, -0.25) is 4.79 Å². The van der Waals surface area contributed by atoms with Gasteiger partial charge >= 0.3 is 0 Å². The molecule has 1 aliphatic rings. The molecule has 1 aliphatic carbocycles. The fraction of sp³-hybridized carbons (Fsp3) is 0.417. The molecule has 15 heavy (non-hydrogen) atoms. The van der Waals surface area contributed by atoms with E-state index in [-0.39, 0.29) is 0 Å². The van der Waals surface area contributed by atoms with E-state index in [2.05, 4.69) is 0 Å². The van der Waals surface area contributed by atoms with Gasteiger partial charge in [-0.1, -0.05) is 30.2 Å². The lowest BCUT2D eigenvalue weighted by molar-refractivity contribution is -0.122. The lowest BCUT2D eigenvalue weighted by Crippen LogP contribution is -2.23. The molecule has 0 aromatic heterocycles. The largest absolute Gasteiger partial charge is 0.298 e. The molecule has 0 N–H and O–H groups in total. The number of hydrogen-bond acceptors (Lipinski definition) is 2. The first-order valence-corrected chi connectivity index (χ1v) is 6.54. The van der Waals surface area contributed by atoms with E-state index in [4.69, 9.17) is 11.6 Å². The van der Waals surface area contributed by atoms with Crippen molar-refractivity contribution in [3.05, 3.63) is 29.3 Å². The van der Waals surface area contributed by atoms with Gasteiger partial charge in [0.05, 0.1) is 10.8 Å². The molecule has 2 rings (SSSR count). The molecule has 0 amide bonds. The first kappa shape index (κ1) is 11.0. The maximum absolute atomic E-state index is 11.6. The molecule has 0 spiro atoms. The molecule has 0 heterocycles. The van der Waals surface area contributed by atoms with Crippen LogP contribution in [0.25, 0.3) is 0 Å². The minimum Gasteiger partial charge on any atom is -0.298 e. The van der Waals surface area contributed by atoms with Gasteiger partial charge in [0, 0.05) is 10.8 Å². The van der Waals surface area contributed by atoms with Crippen LogP contribution in [0.2, 0.25) is 5.02 Å². The first-order valence-electron chi connectivity index (χ1n) is 5.17. The minimum absolute atomic E-state index is 0.333. The van der Waals surface area contributed by atoms with Crippen LogP contribution in [-0.4, -0.2) is 11.5 Å². The number of halogens is 1. The van der Waals surface area contributed by atoms with Crippen molar-refractivity contribution in [3.8, 4) is 0 Å². The number of hydrogen-bond donors (Lipinski definition) is 0. The zero-order chi connectivity index (χ0) is 10.7. The van der Waals surface area contributed by atoms with Gasteiger partial charge in [0.25, 0.3) is 0 Å². The molecule has 1 nitrogen and oxygen atoms in total. The Morgan fingerprint density at radius 3 is 2.73 bits per heavy atom. The number of carbonyl (C=O) groups is 1. The third-order valence-corrected chi connectivity index (χ3v) is 4.30. The summed E-state index contributed by atoms with van der Waals surface area (Å²) in [6.07, 6.45) is 3.39. The Kier molecular flexibility index (Phi) is 3.71. The fourth-order valence-corrected chi connectivity index (χ4v) is 2.77. The van der Waals surface area contributed by atoms with Crippen LogP contribution < -0.4 is 0 Å². The van der Waals surface area contributed by atoms with Gasteiger partial charge in [-0.25, -0.2) is 0 Å². The predicted octanol–water partition coefficient (Wildman–Crippen LogP) is 3.80. The zero-order valence-electron chi connectivity index (χ0n) is 8.41. The average Bonchev–Trinajstić information content (AvgIpc) is 2.14. The van der Waals surface area contributed by atoms with E-state index in [1.165, 1.54) is 6.42 Å². The van der Waals surface area contributed by atoms with Gasteiger partial charge in [0.1, 0.15) is 5.78 Å². The Balaban J connectivity index is 1.87. The Morgan fingerprint density at radius 1 is 1.40 bits per heavy atom. The van der Waals surface area contributed by atoms with Crippen molar-refractivity contribution in [2.24, 2.45) is 5.92 Å². The smallest absolute Gasteiger partial charge is 0.146 e. The molecule has 0 radical (unpaired) electrons. The lowest BCUT2D eigenvalue weighted by Gasteiger charge is -2.23. The van der Waals surface area contributed by atoms with E-state index in [0.29, 0.717) is 17.5 Å². The van der Waals surface area contributed by atoms with Crippen LogP contribution >= 0.6 is 23.4 Å². The van der Waals surface area contributed by atoms with E-state index >= 15 is 0 Å². The molecular formula is C12H13ClOS. The topological polar surface area (TPSA) is 17.1 Å². The summed E-state index contributed by atoms with van der Waals surface area (Å²) in [5.41, 5.74) is 0. The molecule has 0 unspecified atom stereocenters. The second-order valence-electron chi connectivity index (χ2n) is 3.81. The molecule has 0 atom stereocenters. The summed E-state index contributed by atoms with van der Waals surface area (Å²) in [6.45, 7) is 0. The number of ketones is 1. The SMILES string of the molecule is O=C(CSc1ccccc1Cl)C1CCC1. The van der Waals surface area contributed by atoms with Gasteiger partial charge in [0.15, 0.2) is 0 Å². The predicted molar refractivity (Wildman–Crippen MR) is 64.5 cm³/mol. The summed E-state index contributed by atoms with van der Waals surface area (Å²) in [5, 5.41) is 0.740. The van der Waals surface area contributed by atoms with Crippen molar-refractivity contribution < 1.29 is 4.79 Å². The average molecular weight is 241 g/mol. The summed E-state index contributed by atoms with van der Waals surface area (Å²) in [6, 6.07) is 7.67. The van der Waals surface area contributed by atoms with Crippen LogP contribution in [0.1, 0.15) is 19.3 Å². The number of benzene rings is 1. The quantitative estimate of drug-likeness (QED) is 0.745. The summed E-state index contributed by atoms with van der Waals surface area (Å²) < 4.78 is 0.